The summed E-state index contributed by atoms with van der Waals surface area (Å²) in [5.41, 5.74) is 3.33. The van der Waals surface area contributed by atoms with Crippen LogP contribution >= 0.6 is 0 Å². The molecule has 0 radical (unpaired) electrons. The normalized spacial score (nSPS) is 19.2. The van der Waals surface area contributed by atoms with E-state index < -0.39 is 6.36 Å². The van der Waals surface area contributed by atoms with E-state index in [1.54, 1.807) is 24.1 Å². The fourth-order valence-corrected chi connectivity index (χ4v) is 3.37. The molecule has 0 saturated heterocycles. The predicted octanol–water partition coefficient (Wildman–Crippen LogP) is 4.97. The Bertz CT molecular complexity index is 832. The standard InChI is InChI=1S/C20H20F3NO2/c1-12-8-9-17(13(2)10-12)24(3)19(25)16-11-15(16)14-6-4-5-7-18(14)26-20(21,22)23/h4-10,15-16H,11H2,1-3H3. The molecular weight excluding hydrogens is 343 g/mol. The molecule has 0 bridgehead atoms. The summed E-state index contributed by atoms with van der Waals surface area (Å²) in [5, 5.41) is 0. The first-order valence-corrected chi connectivity index (χ1v) is 8.37. The van der Waals surface area contributed by atoms with Gasteiger partial charge in [-0.2, -0.15) is 0 Å². The van der Waals surface area contributed by atoms with Gasteiger partial charge in [0, 0.05) is 18.7 Å². The van der Waals surface area contributed by atoms with Crippen LogP contribution in [0.2, 0.25) is 0 Å². The van der Waals surface area contributed by atoms with Crippen LogP contribution in [0.5, 0.6) is 5.75 Å². The molecule has 0 N–H and O–H groups in total. The molecule has 1 aliphatic carbocycles. The molecule has 0 spiro atoms. The molecular formula is C20H20F3NO2. The molecule has 138 valence electrons. The first-order valence-electron chi connectivity index (χ1n) is 8.37. The molecule has 2 atom stereocenters. The summed E-state index contributed by atoms with van der Waals surface area (Å²) in [4.78, 5) is 14.4. The highest BCUT2D eigenvalue weighted by Gasteiger charge is 2.47. The molecule has 1 aliphatic rings. The number of aryl methyl sites for hydroxylation is 2. The van der Waals surface area contributed by atoms with Crippen molar-refractivity contribution in [3.05, 3.63) is 59.2 Å². The predicted molar refractivity (Wildman–Crippen MR) is 93.3 cm³/mol. The quantitative estimate of drug-likeness (QED) is 0.768. The van der Waals surface area contributed by atoms with E-state index in [0.29, 0.717) is 12.0 Å². The number of amides is 1. The van der Waals surface area contributed by atoms with Gasteiger partial charge < -0.3 is 9.64 Å². The second-order valence-corrected chi connectivity index (χ2v) is 6.72. The second kappa shape index (κ2) is 6.67. The van der Waals surface area contributed by atoms with E-state index >= 15 is 0 Å². The molecule has 3 rings (SSSR count). The van der Waals surface area contributed by atoms with E-state index in [2.05, 4.69) is 4.74 Å². The fraction of sp³-hybridized carbons (Fsp3) is 0.350. The maximum absolute atomic E-state index is 12.8. The van der Waals surface area contributed by atoms with Crippen LogP contribution in [-0.2, 0) is 4.79 Å². The Morgan fingerprint density at radius 3 is 2.50 bits per heavy atom. The van der Waals surface area contributed by atoms with Crippen molar-refractivity contribution in [3.8, 4) is 5.75 Å². The Labute approximate surface area is 150 Å². The Morgan fingerprint density at radius 2 is 1.85 bits per heavy atom. The number of carbonyl (C=O) groups excluding carboxylic acids is 1. The van der Waals surface area contributed by atoms with Crippen LogP contribution in [0.15, 0.2) is 42.5 Å². The van der Waals surface area contributed by atoms with Crippen molar-refractivity contribution in [2.45, 2.75) is 32.5 Å². The van der Waals surface area contributed by atoms with Crippen molar-refractivity contribution in [1.82, 2.24) is 0 Å². The third-order valence-corrected chi connectivity index (χ3v) is 4.70. The topological polar surface area (TPSA) is 29.5 Å². The van der Waals surface area contributed by atoms with Gasteiger partial charge in [0.15, 0.2) is 0 Å². The van der Waals surface area contributed by atoms with E-state index in [1.807, 2.05) is 32.0 Å². The Kier molecular flexibility index (Phi) is 4.69. The van der Waals surface area contributed by atoms with Crippen LogP contribution in [0, 0.1) is 19.8 Å². The summed E-state index contributed by atoms with van der Waals surface area (Å²) in [6, 6.07) is 11.9. The number of halogens is 3. The zero-order chi connectivity index (χ0) is 19.1. The van der Waals surface area contributed by atoms with Gasteiger partial charge in [-0.25, -0.2) is 0 Å². The second-order valence-electron chi connectivity index (χ2n) is 6.72. The van der Waals surface area contributed by atoms with E-state index in [4.69, 9.17) is 0 Å². The summed E-state index contributed by atoms with van der Waals surface area (Å²) >= 11 is 0. The number of ether oxygens (including phenoxy) is 1. The van der Waals surface area contributed by atoms with E-state index in [1.165, 1.54) is 12.1 Å². The fourth-order valence-electron chi connectivity index (χ4n) is 3.37. The van der Waals surface area contributed by atoms with Crippen LogP contribution in [0.3, 0.4) is 0 Å². The lowest BCUT2D eigenvalue weighted by molar-refractivity contribution is -0.274. The van der Waals surface area contributed by atoms with Crippen molar-refractivity contribution in [1.29, 1.82) is 0 Å². The monoisotopic (exact) mass is 363 g/mol. The molecule has 1 amide bonds. The average Bonchev–Trinajstić information content (AvgIpc) is 3.33. The van der Waals surface area contributed by atoms with Crippen molar-refractivity contribution in [3.63, 3.8) is 0 Å². The zero-order valence-electron chi connectivity index (χ0n) is 14.8. The van der Waals surface area contributed by atoms with Gasteiger partial charge in [0.2, 0.25) is 5.91 Å². The minimum Gasteiger partial charge on any atom is -0.405 e. The maximum Gasteiger partial charge on any atom is 0.573 e. The summed E-state index contributed by atoms with van der Waals surface area (Å²) < 4.78 is 41.9. The van der Waals surface area contributed by atoms with E-state index in [0.717, 1.165) is 16.8 Å². The molecule has 0 heterocycles. The molecule has 3 nitrogen and oxygen atoms in total. The van der Waals surface area contributed by atoms with E-state index in [-0.39, 0.29) is 23.5 Å². The number of carbonyl (C=O) groups is 1. The first kappa shape index (κ1) is 18.3. The Hall–Kier alpha value is -2.50. The number of hydrogen-bond acceptors (Lipinski definition) is 2. The number of para-hydroxylation sites is 1. The van der Waals surface area contributed by atoms with Gasteiger partial charge in [0.1, 0.15) is 5.75 Å². The summed E-state index contributed by atoms with van der Waals surface area (Å²) in [7, 11) is 1.70. The number of anilines is 1. The zero-order valence-corrected chi connectivity index (χ0v) is 14.8. The molecule has 2 aromatic rings. The van der Waals surface area contributed by atoms with Gasteiger partial charge in [-0.1, -0.05) is 35.9 Å². The molecule has 1 saturated carbocycles. The molecule has 6 heteroatoms. The Morgan fingerprint density at radius 1 is 1.15 bits per heavy atom. The highest BCUT2D eigenvalue weighted by Crippen LogP contribution is 2.52. The maximum atomic E-state index is 12.8. The lowest BCUT2D eigenvalue weighted by Crippen LogP contribution is -2.29. The van der Waals surface area contributed by atoms with Crippen molar-refractivity contribution in [2.24, 2.45) is 5.92 Å². The Balaban J connectivity index is 1.77. The average molecular weight is 363 g/mol. The van der Waals surface area contributed by atoms with Crippen molar-refractivity contribution in [2.75, 3.05) is 11.9 Å². The number of nitrogens with zero attached hydrogens (tertiary/aromatic N) is 1. The van der Waals surface area contributed by atoms with E-state index in [9.17, 15) is 18.0 Å². The number of hydrogen-bond donors (Lipinski definition) is 0. The van der Waals surface area contributed by atoms with Crippen molar-refractivity contribution >= 4 is 11.6 Å². The van der Waals surface area contributed by atoms with Gasteiger partial charge in [0.05, 0.1) is 0 Å². The third kappa shape index (κ3) is 3.84. The van der Waals surface area contributed by atoms with Crippen LogP contribution in [-0.4, -0.2) is 19.3 Å². The van der Waals surface area contributed by atoms with Crippen LogP contribution in [0.4, 0.5) is 18.9 Å². The first-order chi connectivity index (χ1) is 12.2. The minimum atomic E-state index is -4.75. The molecule has 1 fully saturated rings. The largest absolute Gasteiger partial charge is 0.573 e. The number of alkyl halides is 3. The SMILES string of the molecule is Cc1ccc(N(C)C(=O)C2CC2c2ccccc2OC(F)(F)F)c(C)c1. The molecule has 2 unspecified atom stereocenters. The summed E-state index contributed by atoms with van der Waals surface area (Å²) in [6.45, 7) is 3.91. The van der Waals surface area contributed by atoms with Gasteiger partial charge >= 0.3 is 6.36 Å². The molecule has 0 aliphatic heterocycles. The number of rotatable bonds is 4. The third-order valence-electron chi connectivity index (χ3n) is 4.70. The lowest BCUT2D eigenvalue weighted by atomic mass is 10.1. The van der Waals surface area contributed by atoms with Gasteiger partial charge in [-0.15, -0.1) is 13.2 Å². The van der Waals surface area contributed by atoms with Crippen LogP contribution in [0.25, 0.3) is 0 Å². The molecule has 0 aromatic heterocycles. The molecule has 26 heavy (non-hydrogen) atoms. The van der Waals surface area contributed by atoms with Gasteiger partial charge in [-0.3, -0.25) is 4.79 Å². The van der Waals surface area contributed by atoms with Gasteiger partial charge in [0.25, 0.3) is 0 Å². The van der Waals surface area contributed by atoms with Crippen LogP contribution < -0.4 is 9.64 Å². The highest BCUT2D eigenvalue weighted by atomic mass is 19.4. The minimum absolute atomic E-state index is 0.0937. The smallest absolute Gasteiger partial charge is 0.405 e. The van der Waals surface area contributed by atoms with Crippen molar-refractivity contribution < 1.29 is 22.7 Å². The number of benzene rings is 2. The lowest BCUT2D eigenvalue weighted by Gasteiger charge is -2.20. The summed E-state index contributed by atoms with van der Waals surface area (Å²) in [5.74, 6) is -0.911. The molecule has 2 aromatic carbocycles. The van der Waals surface area contributed by atoms with Gasteiger partial charge in [-0.05, 0) is 49.4 Å². The van der Waals surface area contributed by atoms with Crippen LogP contribution in [0.1, 0.15) is 29.0 Å². The highest BCUT2D eigenvalue weighted by molar-refractivity contribution is 5.97. The summed E-state index contributed by atoms with van der Waals surface area (Å²) in [6.07, 6.45) is -4.23.